The number of aromatic nitrogens is 2. The molecule has 0 fully saturated rings. The zero-order valence-corrected chi connectivity index (χ0v) is 12.8. The van der Waals surface area contributed by atoms with Crippen molar-refractivity contribution in [2.24, 2.45) is 0 Å². The van der Waals surface area contributed by atoms with Crippen LogP contribution in [0, 0.1) is 6.92 Å². The van der Waals surface area contributed by atoms with Gasteiger partial charge in [0.2, 0.25) is 5.91 Å². The molecule has 2 heterocycles. The number of hydrogen-bond acceptors (Lipinski definition) is 3. The molecule has 5 heteroatoms. The number of rotatable bonds is 5. The molecular formula is C17H19N3O2. The van der Waals surface area contributed by atoms with Gasteiger partial charge in [0.25, 0.3) is 0 Å². The molecule has 3 aromatic rings. The Kier molecular flexibility index (Phi) is 3.96. The zero-order valence-electron chi connectivity index (χ0n) is 12.8. The van der Waals surface area contributed by atoms with E-state index >= 15 is 0 Å². The van der Waals surface area contributed by atoms with E-state index in [0.29, 0.717) is 13.0 Å². The SMILES string of the molecule is Cc1cc(CN(C)C(=O)CCc2c[nH]c3ccccc23)no1. The standard InChI is InChI=1S/C17H19N3O2/c1-12-9-14(19-22-12)11-20(2)17(21)8-7-13-10-18-16-6-4-3-5-15(13)16/h3-6,9-10,18H,7-8,11H2,1-2H3. The Hall–Kier alpha value is -2.56. The highest BCUT2D eigenvalue weighted by molar-refractivity contribution is 5.84. The van der Waals surface area contributed by atoms with Crippen molar-refractivity contribution in [3.63, 3.8) is 0 Å². The first kappa shape index (κ1) is 14.4. The van der Waals surface area contributed by atoms with E-state index in [1.807, 2.05) is 37.4 Å². The van der Waals surface area contributed by atoms with E-state index in [9.17, 15) is 4.79 Å². The molecule has 3 rings (SSSR count). The number of aromatic amines is 1. The van der Waals surface area contributed by atoms with E-state index in [0.717, 1.165) is 23.4 Å². The fraction of sp³-hybridized carbons (Fsp3) is 0.294. The fourth-order valence-electron chi connectivity index (χ4n) is 2.59. The Bertz CT molecular complexity index is 788. The predicted molar refractivity (Wildman–Crippen MR) is 84.3 cm³/mol. The van der Waals surface area contributed by atoms with E-state index in [4.69, 9.17) is 4.52 Å². The number of amides is 1. The van der Waals surface area contributed by atoms with Gasteiger partial charge in [0.15, 0.2) is 0 Å². The molecule has 0 unspecified atom stereocenters. The van der Waals surface area contributed by atoms with Crippen LogP contribution in [0.3, 0.4) is 0 Å². The first-order valence-corrected chi connectivity index (χ1v) is 7.34. The van der Waals surface area contributed by atoms with Crippen LogP contribution in [0.25, 0.3) is 10.9 Å². The third-order valence-corrected chi connectivity index (χ3v) is 3.78. The van der Waals surface area contributed by atoms with Crippen molar-refractivity contribution < 1.29 is 9.32 Å². The molecular weight excluding hydrogens is 278 g/mol. The third-order valence-electron chi connectivity index (χ3n) is 3.78. The van der Waals surface area contributed by atoms with Crippen LogP contribution in [0.2, 0.25) is 0 Å². The van der Waals surface area contributed by atoms with Gasteiger partial charge in [0, 0.05) is 36.6 Å². The van der Waals surface area contributed by atoms with Crippen molar-refractivity contribution in [3.8, 4) is 0 Å². The van der Waals surface area contributed by atoms with Crippen LogP contribution in [0.15, 0.2) is 41.1 Å². The number of hydrogen-bond donors (Lipinski definition) is 1. The van der Waals surface area contributed by atoms with Crippen molar-refractivity contribution in [1.82, 2.24) is 15.0 Å². The first-order valence-electron chi connectivity index (χ1n) is 7.34. The third kappa shape index (κ3) is 3.03. The van der Waals surface area contributed by atoms with Crippen LogP contribution in [0.1, 0.15) is 23.4 Å². The molecule has 0 bridgehead atoms. The van der Waals surface area contributed by atoms with Crippen molar-refractivity contribution in [2.75, 3.05) is 7.05 Å². The van der Waals surface area contributed by atoms with Crippen molar-refractivity contribution >= 4 is 16.8 Å². The van der Waals surface area contributed by atoms with Gasteiger partial charge in [-0.15, -0.1) is 0 Å². The summed E-state index contributed by atoms with van der Waals surface area (Å²) >= 11 is 0. The fourth-order valence-corrected chi connectivity index (χ4v) is 2.59. The zero-order chi connectivity index (χ0) is 15.5. The molecule has 0 spiro atoms. The van der Waals surface area contributed by atoms with Crippen LogP contribution < -0.4 is 0 Å². The predicted octanol–water partition coefficient (Wildman–Crippen LogP) is 3.06. The van der Waals surface area contributed by atoms with Crippen LogP contribution in [0.4, 0.5) is 0 Å². The normalized spacial score (nSPS) is 11.0. The molecule has 1 amide bonds. The van der Waals surface area contributed by atoms with Crippen LogP contribution >= 0.6 is 0 Å². The number of nitrogens with one attached hydrogen (secondary N) is 1. The number of carbonyl (C=O) groups is 1. The molecule has 0 radical (unpaired) electrons. The summed E-state index contributed by atoms with van der Waals surface area (Å²) in [6.45, 7) is 2.32. The molecule has 0 aliphatic heterocycles. The average molecular weight is 297 g/mol. The maximum Gasteiger partial charge on any atom is 0.222 e. The van der Waals surface area contributed by atoms with Gasteiger partial charge in [0.05, 0.1) is 6.54 Å². The van der Waals surface area contributed by atoms with Crippen LogP contribution in [-0.4, -0.2) is 28.0 Å². The molecule has 2 aromatic heterocycles. The largest absolute Gasteiger partial charge is 0.361 e. The average Bonchev–Trinajstić information content (AvgIpc) is 3.11. The van der Waals surface area contributed by atoms with E-state index in [1.54, 1.807) is 11.9 Å². The topological polar surface area (TPSA) is 62.1 Å². The molecule has 1 aromatic carbocycles. The Balaban J connectivity index is 1.59. The van der Waals surface area contributed by atoms with Gasteiger partial charge in [-0.3, -0.25) is 4.79 Å². The highest BCUT2D eigenvalue weighted by atomic mass is 16.5. The molecule has 22 heavy (non-hydrogen) atoms. The van der Waals surface area contributed by atoms with Gasteiger partial charge in [-0.1, -0.05) is 23.4 Å². The van der Waals surface area contributed by atoms with E-state index in [1.165, 1.54) is 10.9 Å². The van der Waals surface area contributed by atoms with Gasteiger partial charge in [-0.25, -0.2) is 0 Å². The summed E-state index contributed by atoms with van der Waals surface area (Å²) in [7, 11) is 1.79. The van der Waals surface area contributed by atoms with E-state index in [-0.39, 0.29) is 5.91 Å². The summed E-state index contributed by atoms with van der Waals surface area (Å²) in [4.78, 5) is 17.2. The van der Waals surface area contributed by atoms with Crippen molar-refractivity contribution in [3.05, 3.63) is 53.5 Å². The summed E-state index contributed by atoms with van der Waals surface area (Å²) < 4.78 is 5.02. The van der Waals surface area contributed by atoms with E-state index < -0.39 is 0 Å². The maximum absolute atomic E-state index is 12.2. The summed E-state index contributed by atoms with van der Waals surface area (Å²) in [6.07, 6.45) is 3.19. The van der Waals surface area contributed by atoms with Gasteiger partial charge in [-0.05, 0) is 25.0 Å². The van der Waals surface area contributed by atoms with Gasteiger partial charge < -0.3 is 14.4 Å². The minimum Gasteiger partial charge on any atom is -0.361 e. The highest BCUT2D eigenvalue weighted by Crippen LogP contribution is 2.19. The summed E-state index contributed by atoms with van der Waals surface area (Å²) in [6, 6.07) is 9.98. The molecule has 0 aliphatic rings. The van der Waals surface area contributed by atoms with E-state index in [2.05, 4.69) is 16.2 Å². The number of fused-ring (bicyclic) bond motifs is 1. The Morgan fingerprint density at radius 3 is 2.95 bits per heavy atom. The van der Waals surface area contributed by atoms with Gasteiger partial charge >= 0.3 is 0 Å². The lowest BCUT2D eigenvalue weighted by atomic mass is 10.1. The molecule has 0 saturated heterocycles. The number of carbonyl (C=O) groups excluding carboxylic acids is 1. The number of aryl methyl sites for hydroxylation is 2. The monoisotopic (exact) mass is 297 g/mol. The highest BCUT2D eigenvalue weighted by Gasteiger charge is 2.13. The Labute approximate surface area is 128 Å². The maximum atomic E-state index is 12.2. The molecule has 5 nitrogen and oxygen atoms in total. The number of para-hydroxylation sites is 1. The summed E-state index contributed by atoms with van der Waals surface area (Å²) in [5, 5.41) is 5.10. The molecule has 0 atom stereocenters. The molecule has 0 aliphatic carbocycles. The van der Waals surface area contributed by atoms with Gasteiger partial charge in [0.1, 0.15) is 11.5 Å². The summed E-state index contributed by atoms with van der Waals surface area (Å²) in [5.74, 6) is 0.862. The van der Waals surface area contributed by atoms with Crippen LogP contribution in [-0.2, 0) is 17.8 Å². The van der Waals surface area contributed by atoms with Crippen LogP contribution in [0.5, 0.6) is 0 Å². The van der Waals surface area contributed by atoms with Gasteiger partial charge in [-0.2, -0.15) is 0 Å². The molecule has 0 saturated carbocycles. The lowest BCUT2D eigenvalue weighted by molar-refractivity contribution is -0.130. The lowest BCUT2D eigenvalue weighted by Crippen LogP contribution is -2.26. The van der Waals surface area contributed by atoms with Crippen molar-refractivity contribution in [2.45, 2.75) is 26.3 Å². The number of H-pyrrole nitrogens is 1. The minimum absolute atomic E-state index is 0.103. The summed E-state index contributed by atoms with van der Waals surface area (Å²) in [5.41, 5.74) is 3.06. The second-order valence-electron chi connectivity index (χ2n) is 5.54. The molecule has 1 N–H and O–H groups in total. The lowest BCUT2D eigenvalue weighted by Gasteiger charge is -2.15. The Morgan fingerprint density at radius 2 is 2.18 bits per heavy atom. The quantitative estimate of drug-likeness (QED) is 0.787. The first-order chi connectivity index (χ1) is 10.6. The number of benzene rings is 1. The minimum atomic E-state index is 0.103. The molecule has 114 valence electrons. The Morgan fingerprint density at radius 1 is 1.36 bits per heavy atom. The smallest absolute Gasteiger partial charge is 0.222 e. The number of nitrogens with zero attached hydrogens (tertiary/aromatic N) is 2. The second-order valence-corrected chi connectivity index (χ2v) is 5.54. The second kappa shape index (κ2) is 6.05. The van der Waals surface area contributed by atoms with Crippen molar-refractivity contribution in [1.29, 1.82) is 0 Å².